The zero-order chi connectivity index (χ0) is 13.9. The average Bonchev–Trinajstić information content (AvgIpc) is 2.75. The Labute approximate surface area is 117 Å². The van der Waals surface area contributed by atoms with E-state index in [2.05, 4.69) is 0 Å². The molecule has 5 heteroatoms. The third kappa shape index (κ3) is 3.85. The zero-order valence-electron chi connectivity index (χ0n) is 10.7. The summed E-state index contributed by atoms with van der Waals surface area (Å²) in [6.07, 6.45) is 3.46. The number of carboxylic acid groups (broad SMARTS) is 1. The van der Waals surface area contributed by atoms with Gasteiger partial charge in [0.05, 0.1) is 5.60 Å². The summed E-state index contributed by atoms with van der Waals surface area (Å²) in [5, 5.41) is 20.0. The molecule has 104 valence electrons. The number of hydrogen-bond donors (Lipinski definition) is 2. The van der Waals surface area contributed by atoms with Crippen molar-refractivity contribution in [3.8, 4) is 0 Å². The van der Waals surface area contributed by atoms with Gasteiger partial charge in [-0.3, -0.25) is 4.79 Å². The summed E-state index contributed by atoms with van der Waals surface area (Å²) in [6, 6.07) is 7.02. The molecule has 0 radical (unpaired) electrons. The number of anilines is 1. The molecule has 1 aromatic carbocycles. The lowest BCUT2D eigenvalue weighted by Crippen LogP contribution is -2.43. The Morgan fingerprint density at radius 3 is 2.37 bits per heavy atom. The largest absolute Gasteiger partial charge is 0.480 e. The Balaban J connectivity index is 2.15. The molecule has 0 saturated heterocycles. The summed E-state index contributed by atoms with van der Waals surface area (Å²) in [6.45, 7) is 0.227. The third-order valence-corrected chi connectivity index (χ3v) is 3.79. The van der Waals surface area contributed by atoms with Crippen LogP contribution in [0.15, 0.2) is 24.3 Å². The molecule has 19 heavy (non-hydrogen) atoms. The normalized spacial score (nSPS) is 17.4. The Hall–Kier alpha value is -1.26. The fourth-order valence-corrected chi connectivity index (χ4v) is 2.73. The number of carbonyl (C=O) groups is 1. The standard InChI is InChI=1S/C14H18ClNO3/c15-11-3-5-12(6-4-11)16(9-13(17)18)10-14(19)7-1-2-8-14/h3-6,19H,1-2,7-10H2,(H,17,18). The van der Waals surface area contributed by atoms with Gasteiger partial charge in [0.15, 0.2) is 0 Å². The predicted octanol–water partition coefficient (Wildman–Crippen LogP) is 2.54. The fraction of sp³-hybridized carbons (Fsp3) is 0.500. The lowest BCUT2D eigenvalue weighted by atomic mass is 10.0. The SMILES string of the molecule is O=C(O)CN(CC1(O)CCCC1)c1ccc(Cl)cc1. The van der Waals surface area contributed by atoms with E-state index in [9.17, 15) is 9.90 Å². The van der Waals surface area contributed by atoms with Crippen molar-refractivity contribution in [1.29, 1.82) is 0 Å². The number of aliphatic carboxylic acids is 1. The van der Waals surface area contributed by atoms with Gasteiger partial charge < -0.3 is 15.1 Å². The second-order valence-electron chi connectivity index (χ2n) is 5.16. The van der Waals surface area contributed by atoms with E-state index in [1.807, 2.05) is 0 Å². The third-order valence-electron chi connectivity index (χ3n) is 3.54. The molecule has 1 aromatic rings. The first-order valence-electron chi connectivity index (χ1n) is 6.43. The van der Waals surface area contributed by atoms with E-state index in [0.29, 0.717) is 11.6 Å². The first-order valence-corrected chi connectivity index (χ1v) is 6.81. The van der Waals surface area contributed by atoms with E-state index < -0.39 is 11.6 Å². The van der Waals surface area contributed by atoms with E-state index in [4.69, 9.17) is 16.7 Å². The van der Waals surface area contributed by atoms with Crippen molar-refractivity contribution in [2.75, 3.05) is 18.0 Å². The van der Waals surface area contributed by atoms with Gasteiger partial charge >= 0.3 is 5.97 Å². The Morgan fingerprint density at radius 2 is 1.84 bits per heavy atom. The molecule has 0 unspecified atom stereocenters. The van der Waals surface area contributed by atoms with Crippen molar-refractivity contribution in [3.05, 3.63) is 29.3 Å². The maximum absolute atomic E-state index is 11.0. The highest BCUT2D eigenvalue weighted by Crippen LogP contribution is 2.31. The molecular weight excluding hydrogens is 266 g/mol. The molecule has 2 N–H and O–H groups in total. The minimum atomic E-state index is -0.906. The fourth-order valence-electron chi connectivity index (χ4n) is 2.60. The lowest BCUT2D eigenvalue weighted by Gasteiger charge is -2.32. The first-order chi connectivity index (χ1) is 8.98. The highest BCUT2D eigenvalue weighted by atomic mass is 35.5. The van der Waals surface area contributed by atoms with E-state index in [1.54, 1.807) is 29.2 Å². The molecule has 1 aliphatic rings. The summed E-state index contributed by atoms with van der Waals surface area (Å²) < 4.78 is 0. The van der Waals surface area contributed by atoms with Gasteiger partial charge in [0.1, 0.15) is 6.54 Å². The molecule has 0 aliphatic heterocycles. The summed E-state index contributed by atoms with van der Waals surface area (Å²) >= 11 is 5.84. The number of carboxylic acids is 1. The predicted molar refractivity (Wildman–Crippen MR) is 74.7 cm³/mol. The van der Waals surface area contributed by atoms with Gasteiger partial charge in [-0.05, 0) is 37.1 Å². The van der Waals surface area contributed by atoms with Gasteiger partial charge in [-0.25, -0.2) is 0 Å². The van der Waals surface area contributed by atoms with E-state index in [1.165, 1.54) is 0 Å². The van der Waals surface area contributed by atoms with Crippen LogP contribution in [0.1, 0.15) is 25.7 Å². The number of benzene rings is 1. The molecule has 0 heterocycles. The number of halogens is 1. The molecule has 4 nitrogen and oxygen atoms in total. The van der Waals surface area contributed by atoms with E-state index in [0.717, 1.165) is 31.4 Å². The smallest absolute Gasteiger partial charge is 0.323 e. The van der Waals surface area contributed by atoms with E-state index >= 15 is 0 Å². The van der Waals surface area contributed by atoms with Gasteiger partial charge in [-0.1, -0.05) is 24.4 Å². The number of hydrogen-bond acceptors (Lipinski definition) is 3. The van der Waals surface area contributed by atoms with Gasteiger partial charge in [-0.15, -0.1) is 0 Å². The quantitative estimate of drug-likeness (QED) is 0.872. The van der Waals surface area contributed by atoms with Crippen LogP contribution in [0.5, 0.6) is 0 Å². The monoisotopic (exact) mass is 283 g/mol. The van der Waals surface area contributed by atoms with Crippen molar-refractivity contribution >= 4 is 23.3 Å². The maximum Gasteiger partial charge on any atom is 0.323 e. The van der Waals surface area contributed by atoms with Gasteiger partial charge in [-0.2, -0.15) is 0 Å². The van der Waals surface area contributed by atoms with Crippen molar-refractivity contribution in [3.63, 3.8) is 0 Å². The molecule has 0 aromatic heterocycles. The van der Waals surface area contributed by atoms with Crippen LogP contribution < -0.4 is 4.90 Å². The van der Waals surface area contributed by atoms with Crippen molar-refractivity contribution in [2.24, 2.45) is 0 Å². The van der Waals surface area contributed by atoms with Crippen LogP contribution in [-0.2, 0) is 4.79 Å². The maximum atomic E-state index is 11.0. The molecule has 0 bridgehead atoms. The Kier molecular flexibility index (Phi) is 4.32. The summed E-state index contributed by atoms with van der Waals surface area (Å²) in [4.78, 5) is 12.7. The van der Waals surface area contributed by atoms with Crippen LogP contribution in [0.25, 0.3) is 0 Å². The van der Waals surface area contributed by atoms with Crippen LogP contribution >= 0.6 is 11.6 Å². The molecular formula is C14H18ClNO3. The van der Waals surface area contributed by atoms with Crippen LogP contribution in [0.3, 0.4) is 0 Å². The average molecular weight is 284 g/mol. The van der Waals surface area contributed by atoms with Gasteiger partial charge in [0.25, 0.3) is 0 Å². The van der Waals surface area contributed by atoms with Crippen LogP contribution in [-0.4, -0.2) is 34.9 Å². The minimum absolute atomic E-state index is 0.121. The van der Waals surface area contributed by atoms with Crippen molar-refractivity contribution in [1.82, 2.24) is 0 Å². The van der Waals surface area contributed by atoms with Crippen LogP contribution in [0.2, 0.25) is 5.02 Å². The molecule has 1 saturated carbocycles. The van der Waals surface area contributed by atoms with Crippen molar-refractivity contribution < 1.29 is 15.0 Å². The van der Waals surface area contributed by atoms with Crippen molar-refractivity contribution in [2.45, 2.75) is 31.3 Å². The molecule has 0 atom stereocenters. The second-order valence-corrected chi connectivity index (χ2v) is 5.59. The summed E-state index contributed by atoms with van der Waals surface area (Å²) in [5.41, 5.74) is 0.00172. The molecule has 2 rings (SSSR count). The van der Waals surface area contributed by atoms with Gasteiger partial charge in [0, 0.05) is 17.3 Å². The molecule has 1 aliphatic carbocycles. The highest BCUT2D eigenvalue weighted by molar-refractivity contribution is 6.30. The molecule has 1 fully saturated rings. The lowest BCUT2D eigenvalue weighted by molar-refractivity contribution is -0.135. The second kappa shape index (κ2) is 5.80. The minimum Gasteiger partial charge on any atom is -0.480 e. The Bertz CT molecular complexity index is 441. The Morgan fingerprint density at radius 1 is 1.26 bits per heavy atom. The molecule has 0 amide bonds. The number of rotatable bonds is 5. The van der Waals surface area contributed by atoms with E-state index in [-0.39, 0.29) is 6.54 Å². The number of nitrogens with zero attached hydrogens (tertiary/aromatic N) is 1. The van der Waals surface area contributed by atoms with Crippen LogP contribution in [0, 0.1) is 0 Å². The zero-order valence-corrected chi connectivity index (χ0v) is 11.4. The highest BCUT2D eigenvalue weighted by Gasteiger charge is 2.33. The summed E-state index contributed by atoms with van der Waals surface area (Å²) in [7, 11) is 0. The number of aliphatic hydroxyl groups is 1. The topological polar surface area (TPSA) is 60.8 Å². The molecule has 0 spiro atoms. The summed E-state index contributed by atoms with van der Waals surface area (Å²) in [5.74, 6) is -0.906. The first kappa shape index (κ1) is 14.2. The van der Waals surface area contributed by atoms with Crippen LogP contribution in [0.4, 0.5) is 5.69 Å². The van der Waals surface area contributed by atoms with Gasteiger partial charge in [0.2, 0.25) is 0 Å².